The SMILES string of the molecule is CC[C@@H]1CCCCN1C(=O)CSc1nc2ccc(C)cc2[nH]1. The molecule has 0 spiro atoms. The Bertz CT molecular complexity index is 667. The van der Waals surface area contributed by atoms with E-state index in [-0.39, 0.29) is 5.91 Å². The molecular weight excluding hydrogens is 294 g/mol. The van der Waals surface area contributed by atoms with E-state index in [4.69, 9.17) is 0 Å². The Morgan fingerprint density at radius 3 is 3.14 bits per heavy atom. The van der Waals surface area contributed by atoms with Crippen molar-refractivity contribution in [2.75, 3.05) is 12.3 Å². The number of fused-ring (bicyclic) bond motifs is 1. The summed E-state index contributed by atoms with van der Waals surface area (Å²) in [6.07, 6.45) is 4.59. The first-order valence-corrected chi connectivity index (χ1v) is 9.04. The molecule has 4 nitrogen and oxygen atoms in total. The minimum atomic E-state index is 0.244. The maximum absolute atomic E-state index is 12.5. The highest BCUT2D eigenvalue weighted by molar-refractivity contribution is 7.99. The van der Waals surface area contributed by atoms with Crippen LogP contribution in [-0.4, -0.2) is 39.1 Å². The van der Waals surface area contributed by atoms with Crippen molar-refractivity contribution < 1.29 is 4.79 Å². The molecule has 1 atom stereocenters. The Balaban J connectivity index is 1.64. The second-order valence-electron chi connectivity index (χ2n) is 6.00. The van der Waals surface area contributed by atoms with Gasteiger partial charge in [0.05, 0.1) is 16.8 Å². The number of amides is 1. The van der Waals surface area contributed by atoms with E-state index in [1.54, 1.807) is 0 Å². The van der Waals surface area contributed by atoms with Gasteiger partial charge in [0, 0.05) is 12.6 Å². The number of carbonyl (C=O) groups excluding carboxylic acids is 1. The van der Waals surface area contributed by atoms with Gasteiger partial charge in [0.25, 0.3) is 0 Å². The van der Waals surface area contributed by atoms with E-state index in [1.165, 1.54) is 23.7 Å². The molecule has 1 aliphatic heterocycles. The van der Waals surface area contributed by atoms with E-state index >= 15 is 0 Å². The lowest BCUT2D eigenvalue weighted by Gasteiger charge is -2.35. The van der Waals surface area contributed by atoms with Gasteiger partial charge in [-0.2, -0.15) is 0 Å². The third kappa shape index (κ3) is 3.29. The number of benzene rings is 1. The van der Waals surface area contributed by atoms with E-state index < -0.39 is 0 Å². The predicted octanol–water partition coefficient (Wildman–Crippen LogP) is 3.75. The van der Waals surface area contributed by atoms with Gasteiger partial charge in [0.15, 0.2) is 5.16 Å². The summed E-state index contributed by atoms with van der Waals surface area (Å²) in [6, 6.07) is 6.60. The molecule has 1 aliphatic rings. The van der Waals surface area contributed by atoms with Gasteiger partial charge in [-0.25, -0.2) is 4.98 Å². The summed E-state index contributed by atoms with van der Waals surface area (Å²) < 4.78 is 0. The van der Waals surface area contributed by atoms with E-state index in [2.05, 4.69) is 40.8 Å². The van der Waals surface area contributed by atoms with Crippen LogP contribution in [0.5, 0.6) is 0 Å². The molecule has 1 fully saturated rings. The van der Waals surface area contributed by atoms with Gasteiger partial charge in [-0.1, -0.05) is 24.8 Å². The molecule has 22 heavy (non-hydrogen) atoms. The van der Waals surface area contributed by atoms with Crippen molar-refractivity contribution in [1.82, 2.24) is 14.9 Å². The van der Waals surface area contributed by atoms with Crippen LogP contribution in [0.4, 0.5) is 0 Å². The zero-order valence-electron chi connectivity index (χ0n) is 13.3. The molecule has 0 bridgehead atoms. The molecule has 2 heterocycles. The maximum Gasteiger partial charge on any atom is 0.233 e. The van der Waals surface area contributed by atoms with Crippen molar-refractivity contribution in [3.8, 4) is 0 Å². The number of aromatic nitrogens is 2. The summed E-state index contributed by atoms with van der Waals surface area (Å²) in [5.74, 6) is 0.711. The molecule has 118 valence electrons. The van der Waals surface area contributed by atoms with Gasteiger partial charge in [-0.05, 0) is 50.3 Å². The number of likely N-dealkylation sites (tertiary alicyclic amines) is 1. The second-order valence-corrected chi connectivity index (χ2v) is 6.96. The number of nitrogens with zero attached hydrogens (tertiary/aromatic N) is 2. The molecule has 1 saturated heterocycles. The van der Waals surface area contributed by atoms with Crippen molar-refractivity contribution >= 4 is 28.7 Å². The molecule has 3 rings (SSSR count). The highest BCUT2D eigenvalue weighted by Gasteiger charge is 2.25. The molecule has 1 aromatic carbocycles. The van der Waals surface area contributed by atoms with Crippen molar-refractivity contribution in [3.63, 3.8) is 0 Å². The lowest BCUT2D eigenvalue weighted by molar-refractivity contribution is -0.132. The van der Waals surface area contributed by atoms with E-state index in [1.807, 2.05) is 6.07 Å². The third-order valence-corrected chi connectivity index (χ3v) is 5.22. The monoisotopic (exact) mass is 317 g/mol. The van der Waals surface area contributed by atoms with Crippen LogP contribution in [0.25, 0.3) is 11.0 Å². The van der Waals surface area contributed by atoms with Gasteiger partial charge in [0.2, 0.25) is 5.91 Å². The minimum Gasteiger partial charge on any atom is -0.339 e. The van der Waals surface area contributed by atoms with Crippen molar-refractivity contribution in [1.29, 1.82) is 0 Å². The Hall–Kier alpha value is -1.49. The van der Waals surface area contributed by atoms with Gasteiger partial charge in [-0.3, -0.25) is 4.79 Å². The number of carbonyl (C=O) groups is 1. The predicted molar refractivity (Wildman–Crippen MR) is 91.2 cm³/mol. The third-order valence-electron chi connectivity index (χ3n) is 4.37. The average molecular weight is 317 g/mol. The highest BCUT2D eigenvalue weighted by Crippen LogP contribution is 2.23. The first-order chi connectivity index (χ1) is 10.7. The first kappa shape index (κ1) is 15.4. The number of imidazole rings is 1. The molecule has 0 saturated carbocycles. The number of thioether (sulfide) groups is 1. The summed E-state index contributed by atoms with van der Waals surface area (Å²) in [6.45, 7) is 5.15. The number of hydrogen-bond donors (Lipinski definition) is 1. The second kappa shape index (κ2) is 6.73. The summed E-state index contributed by atoms with van der Waals surface area (Å²) in [5.41, 5.74) is 3.21. The normalized spacial score (nSPS) is 18.8. The van der Waals surface area contributed by atoms with Crippen LogP contribution in [0.15, 0.2) is 23.4 Å². The smallest absolute Gasteiger partial charge is 0.233 e. The van der Waals surface area contributed by atoms with Crippen LogP contribution in [0, 0.1) is 6.92 Å². The summed E-state index contributed by atoms with van der Waals surface area (Å²) in [7, 11) is 0. The van der Waals surface area contributed by atoms with Crippen molar-refractivity contribution in [2.45, 2.75) is 50.7 Å². The Labute approximate surface area is 135 Å². The number of piperidine rings is 1. The van der Waals surface area contributed by atoms with Gasteiger partial charge >= 0.3 is 0 Å². The van der Waals surface area contributed by atoms with Gasteiger partial charge < -0.3 is 9.88 Å². The topological polar surface area (TPSA) is 49.0 Å². The number of hydrogen-bond acceptors (Lipinski definition) is 3. The highest BCUT2D eigenvalue weighted by atomic mass is 32.2. The Kier molecular flexibility index (Phi) is 4.71. The number of rotatable bonds is 4. The molecule has 0 aliphatic carbocycles. The molecule has 2 aromatic rings. The fourth-order valence-corrected chi connectivity index (χ4v) is 3.91. The van der Waals surface area contributed by atoms with Gasteiger partial charge in [0.1, 0.15) is 0 Å². The lowest BCUT2D eigenvalue weighted by Crippen LogP contribution is -2.44. The standard InChI is InChI=1S/C17H23N3OS/c1-3-13-6-4-5-9-20(13)16(21)11-22-17-18-14-8-7-12(2)10-15(14)19-17/h7-8,10,13H,3-6,9,11H2,1-2H3,(H,18,19)/t13-/m1/s1. The lowest BCUT2D eigenvalue weighted by atomic mass is 10.0. The van der Waals surface area contributed by atoms with Crippen molar-refractivity contribution in [3.05, 3.63) is 23.8 Å². The maximum atomic E-state index is 12.5. The molecule has 0 radical (unpaired) electrons. The summed E-state index contributed by atoms with van der Waals surface area (Å²) >= 11 is 1.51. The molecular formula is C17H23N3OS. The van der Waals surface area contributed by atoms with Crippen LogP contribution in [0.3, 0.4) is 0 Å². The zero-order valence-corrected chi connectivity index (χ0v) is 14.1. The number of aromatic amines is 1. The quantitative estimate of drug-likeness (QED) is 0.874. The first-order valence-electron chi connectivity index (χ1n) is 8.06. The van der Waals surface area contributed by atoms with Gasteiger partial charge in [-0.15, -0.1) is 0 Å². The van der Waals surface area contributed by atoms with E-state index in [9.17, 15) is 4.79 Å². The number of H-pyrrole nitrogens is 1. The number of aryl methyl sites for hydroxylation is 1. The van der Waals surface area contributed by atoms with E-state index in [0.717, 1.165) is 42.0 Å². The molecule has 5 heteroatoms. The fourth-order valence-electron chi connectivity index (χ4n) is 3.13. The largest absolute Gasteiger partial charge is 0.339 e. The Morgan fingerprint density at radius 2 is 2.32 bits per heavy atom. The van der Waals surface area contributed by atoms with Crippen LogP contribution in [0.1, 0.15) is 38.2 Å². The van der Waals surface area contributed by atoms with E-state index in [0.29, 0.717) is 11.8 Å². The summed E-state index contributed by atoms with van der Waals surface area (Å²) in [4.78, 5) is 22.4. The van der Waals surface area contributed by atoms with Crippen LogP contribution >= 0.6 is 11.8 Å². The summed E-state index contributed by atoms with van der Waals surface area (Å²) in [5, 5.41) is 0.832. The zero-order chi connectivity index (χ0) is 15.5. The molecule has 1 aromatic heterocycles. The van der Waals surface area contributed by atoms with Crippen LogP contribution < -0.4 is 0 Å². The average Bonchev–Trinajstić information content (AvgIpc) is 2.94. The number of nitrogens with one attached hydrogen (secondary N) is 1. The fraction of sp³-hybridized carbons (Fsp3) is 0.529. The van der Waals surface area contributed by atoms with Crippen LogP contribution in [-0.2, 0) is 4.79 Å². The van der Waals surface area contributed by atoms with Crippen LogP contribution in [0.2, 0.25) is 0 Å². The Morgan fingerprint density at radius 1 is 1.45 bits per heavy atom. The van der Waals surface area contributed by atoms with Crippen molar-refractivity contribution in [2.24, 2.45) is 0 Å². The molecule has 0 unspecified atom stereocenters. The molecule has 1 N–H and O–H groups in total. The minimum absolute atomic E-state index is 0.244. The molecule has 1 amide bonds.